The molecule has 0 saturated heterocycles. The highest BCUT2D eigenvalue weighted by atomic mass is 16.5. The zero-order valence-electron chi connectivity index (χ0n) is 11.4. The normalized spacial score (nSPS) is 10.6. The van der Waals surface area contributed by atoms with Crippen LogP contribution in [0.1, 0.15) is 19.2 Å². The van der Waals surface area contributed by atoms with Crippen molar-refractivity contribution in [2.24, 2.45) is 0 Å². The molecule has 2 rings (SSSR count). The number of para-hydroxylation sites is 1. The van der Waals surface area contributed by atoms with E-state index in [-0.39, 0.29) is 0 Å². The molecule has 0 fully saturated rings. The zero-order valence-corrected chi connectivity index (χ0v) is 11.4. The van der Waals surface area contributed by atoms with Gasteiger partial charge in [-0.15, -0.1) is 0 Å². The molecule has 0 aliphatic heterocycles. The third-order valence-corrected chi connectivity index (χ3v) is 2.94. The molecule has 0 aliphatic rings. The standard InChI is InChI=1S/C15H21N3O/c1-2-18-11-10-17-15(18)13-16-9-6-12-19-14-7-4-3-5-8-14/h3-5,7-8,10-11,16H,2,6,9,12-13H2,1H3. The van der Waals surface area contributed by atoms with Crippen molar-refractivity contribution >= 4 is 0 Å². The first kappa shape index (κ1) is 13.6. The number of rotatable bonds is 8. The molecule has 4 heteroatoms. The Bertz CT molecular complexity index is 467. The van der Waals surface area contributed by atoms with Gasteiger partial charge in [0.1, 0.15) is 11.6 Å². The number of hydrogen-bond acceptors (Lipinski definition) is 3. The molecule has 19 heavy (non-hydrogen) atoms. The van der Waals surface area contributed by atoms with E-state index >= 15 is 0 Å². The van der Waals surface area contributed by atoms with Gasteiger partial charge in [0.25, 0.3) is 0 Å². The Balaban J connectivity index is 1.58. The van der Waals surface area contributed by atoms with Crippen molar-refractivity contribution in [2.45, 2.75) is 26.4 Å². The van der Waals surface area contributed by atoms with Crippen LogP contribution in [0.3, 0.4) is 0 Å². The van der Waals surface area contributed by atoms with Crippen LogP contribution in [0.15, 0.2) is 42.7 Å². The summed E-state index contributed by atoms with van der Waals surface area (Å²) in [6, 6.07) is 9.91. The Kier molecular flexibility index (Phi) is 5.44. The van der Waals surface area contributed by atoms with Gasteiger partial charge in [0, 0.05) is 18.9 Å². The average Bonchev–Trinajstić information content (AvgIpc) is 2.91. The van der Waals surface area contributed by atoms with Crippen molar-refractivity contribution in [3.63, 3.8) is 0 Å². The van der Waals surface area contributed by atoms with E-state index in [0.717, 1.165) is 44.2 Å². The summed E-state index contributed by atoms with van der Waals surface area (Å²) in [5.74, 6) is 2.02. The molecule has 1 aromatic heterocycles. The van der Waals surface area contributed by atoms with Gasteiger partial charge in [0.15, 0.2) is 0 Å². The van der Waals surface area contributed by atoms with E-state index in [9.17, 15) is 0 Å². The van der Waals surface area contributed by atoms with E-state index < -0.39 is 0 Å². The highest BCUT2D eigenvalue weighted by molar-refractivity contribution is 5.20. The number of aromatic nitrogens is 2. The molecule has 102 valence electrons. The van der Waals surface area contributed by atoms with E-state index in [1.165, 1.54) is 0 Å². The summed E-state index contributed by atoms with van der Waals surface area (Å²) in [5.41, 5.74) is 0. The minimum absolute atomic E-state index is 0.735. The molecule has 1 aromatic carbocycles. The first-order chi connectivity index (χ1) is 9.40. The van der Waals surface area contributed by atoms with Crippen molar-refractivity contribution in [1.82, 2.24) is 14.9 Å². The van der Waals surface area contributed by atoms with E-state index in [1.54, 1.807) is 0 Å². The van der Waals surface area contributed by atoms with E-state index in [1.807, 2.05) is 42.7 Å². The van der Waals surface area contributed by atoms with Crippen molar-refractivity contribution in [2.75, 3.05) is 13.2 Å². The molecular formula is C15H21N3O. The quantitative estimate of drug-likeness (QED) is 0.740. The number of imidazole rings is 1. The lowest BCUT2D eigenvalue weighted by Crippen LogP contribution is -2.19. The third kappa shape index (κ3) is 4.41. The van der Waals surface area contributed by atoms with Gasteiger partial charge in [-0.3, -0.25) is 0 Å². The predicted molar refractivity (Wildman–Crippen MR) is 76.2 cm³/mol. The molecule has 1 N–H and O–H groups in total. The van der Waals surface area contributed by atoms with Gasteiger partial charge in [-0.25, -0.2) is 4.98 Å². The molecule has 0 bridgehead atoms. The smallest absolute Gasteiger partial charge is 0.122 e. The molecule has 0 amide bonds. The Labute approximate surface area is 114 Å². The van der Waals surface area contributed by atoms with Gasteiger partial charge in [-0.2, -0.15) is 0 Å². The Hall–Kier alpha value is -1.81. The molecule has 2 aromatic rings. The average molecular weight is 259 g/mol. The zero-order chi connectivity index (χ0) is 13.3. The second kappa shape index (κ2) is 7.59. The Morgan fingerprint density at radius 2 is 2.11 bits per heavy atom. The lowest BCUT2D eigenvalue weighted by atomic mass is 10.3. The Morgan fingerprint density at radius 3 is 2.89 bits per heavy atom. The first-order valence-corrected chi connectivity index (χ1v) is 6.78. The lowest BCUT2D eigenvalue weighted by Gasteiger charge is -2.08. The van der Waals surface area contributed by atoms with Crippen LogP contribution in [-0.4, -0.2) is 22.7 Å². The summed E-state index contributed by atoms with van der Waals surface area (Å²) >= 11 is 0. The van der Waals surface area contributed by atoms with Crippen molar-refractivity contribution in [3.05, 3.63) is 48.5 Å². The maximum atomic E-state index is 5.63. The first-order valence-electron chi connectivity index (χ1n) is 6.78. The maximum Gasteiger partial charge on any atom is 0.122 e. The van der Waals surface area contributed by atoms with Crippen molar-refractivity contribution in [1.29, 1.82) is 0 Å². The number of nitrogens with one attached hydrogen (secondary N) is 1. The second-order valence-electron chi connectivity index (χ2n) is 4.32. The van der Waals surface area contributed by atoms with Gasteiger partial charge in [0.2, 0.25) is 0 Å². The molecule has 0 spiro atoms. The summed E-state index contributed by atoms with van der Waals surface area (Å²) in [5, 5.41) is 3.39. The van der Waals surface area contributed by atoms with E-state index in [4.69, 9.17) is 4.74 Å². The van der Waals surface area contributed by atoms with Gasteiger partial charge in [-0.05, 0) is 32.0 Å². The summed E-state index contributed by atoms with van der Waals surface area (Å²) in [6.45, 7) is 5.57. The number of benzene rings is 1. The number of ether oxygens (including phenoxy) is 1. The Morgan fingerprint density at radius 1 is 1.26 bits per heavy atom. The maximum absolute atomic E-state index is 5.63. The van der Waals surface area contributed by atoms with Crippen LogP contribution in [0, 0.1) is 0 Å². The minimum Gasteiger partial charge on any atom is -0.494 e. The largest absolute Gasteiger partial charge is 0.494 e. The van der Waals surface area contributed by atoms with Gasteiger partial charge in [-0.1, -0.05) is 18.2 Å². The van der Waals surface area contributed by atoms with Gasteiger partial charge in [0.05, 0.1) is 13.2 Å². The predicted octanol–water partition coefficient (Wildman–Crippen LogP) is 2.46. The van der Waals surface area contributed by atoms with Crippen LogP contribution in [0.4, 0.5) is 0 Å². The van der Waals surface area contributed by atoms with Crippen LogP contribution < -0.4 is 10.1 Å². The molecule has 0 atom stereocenters. The lowest BCUT2D eigenvalue weighted by molar-refractivity contribution is 0.307. The molecule has 0 unspecified atom stereocenters. The second-order valence-corrected chi connectivity index (χ2v) is 4.32. The summed E-state index contributed by atoms with van der Waals surface area (Å²) in [7, 11) is 0. The highest BCUT2D eigenvalue weighted by Gasteiger charge is 1.99. The summed E-state index contributed by atoms with van der Waals surface area (Å²) in [6.07, 6.45) is 4.84. The van der Waals surface area contributed by atoms with Crippen molar-refractivity contribution in [3.8, 4) is 5.75 Å². The minimum atomic E-state index is 0.735. The summed E-state index contributed by atoms with van der Waals surface area (Å²) in [4.78, 5) is 4.32. The van der Waals surface area contributed by atoms with Crippen LogP contribution in [0.2, 0.25) is 0 Å². The van der Waals surface area contributed by atoms with E-state index in [2.05, 4.69) is 21.8 Å². The fourth-order valence-electron chi connectivity index (χ4n) is 1.90. The fourth-order valence-corrected chi connectivity index (χ4v) is 1.90. The third-order valence-electron chi connectivity index (χ3n) is 2.94. The van der Waals surface area contributed by atoms with Crippen LogP contribution in [-0.2, 0) is 13.1 Å². The van der Waals surface area contributed by atoms with Gasteiger partial charge >= 0.3 is 0 Å². The topological polar surface area (TPSA) is 39.1 Å². The molecule has 4 nitrogen and oxygen atoms in total. The van der Waals surface area contributed by atoms with E-state index in [0.29, 0.717) is 0 Å². The number of nitrogens with zero attached hydrogens (tertiary/aromatic N) is 2. The van der Waals surface area contributed by atoms with Gasteiger partial charge < -0.3 is 14.6 Å². The molecule has 0 radical (unpaired) electrons. The molecule has 1 heterocycles. The SMILES string of the molecule is CCn1ccnc1CNCCCOc1ccccc1. The summed E-state index contributed by atoms with van der Waals surface area (Å²) < 4.78 is 7.77. The van der Waals surface area contributed by atoms with Crippen molar-refractivity contribution < 1.29 is 4.74 Å². The molecular weight excluding hydrogens is 238 g/mol. The van der Waals surface area contributed by atoms with Crippen LogP contribution in [0.5, 0.6) is 5.75 Å². The van der Waals surface area contributed by atoms with Crippen LogP contribution in [0.25, 0.3) is 0 Å². The monoisotopic (exact) mass is 259 g/mol. The number of aryl methyl sites for hydroxylation is 1. The van der Waals surface area contributed by atoms with Crippen LogP contribution >= 0.6 is 0 Å². The molecule has 0 aliphatic carbocycles. The fraction of sp³-hybridized carbons (Fsp3) is 0.400. The number of hydrogen-bond donors (Lipinski definition) is 1. The highest BCUT2D eigenvalue weighted by Crippen LogP contribution is 2.08. The molecule has 0 saturated carbocycles.